The molecule has 1 aliphatic heterocycles. The molecule has 0 unspecified atom stereocenters. The van der Waals surface area contributed by atoms with E-state index in [0.717, 1.165) is 11.0 Å². The van der Waals surface area contributed by atoms with Crippen molar-refractivity contribution in [2.24, 2.45) is 0 Å². The van der Waals surface area contributed by atoms with Crippen LogP contribution in [0.5, 0.6) is 0 Å². The lowest BCUT2D eigenvalue weighted by molar-refractivity contribution is -0.143. The molecule has 0 spiro atoms. The van der Waals surface area contributed by atoms with E-state index in [4.69, 9.17) is 5.11 Å². The zero-order valence-corrected chi connectivity index (χ0v) is 7.60. The number of imide groups is 1. The second-order valence-corrected chi connectivity index (χ2v) is 2.84. The van der Waals surface area contributed by atoms with Crippen molar-refractivity contribution in [1.82, 2.24) is 10.2 Å². The Hall–Kier alpha value is -2.18. The van der Waals surface area contributed by atoms with Gasteiger partial charge in [0, 0.05) is 12.2 Å². The fourth-order valence-electron chi connectivity index (χ4n) is 1.04. The van der Waals surface area contributed by atoms with Crippen LogP contribution in [0, 0.1) is 0 Å². The fourth-order valence-corrected chi connectivity index (χ4v) is 1.04. The van der Waals surface area contributed by atoms with Crippen molar-refractivity contribution in [3.63, 3.8) is 0 Å². The zero-order chi connectivity index (χ0) is 11.4. The number of aliphatic carboxylic acids is 1. The van der Waals surface area contributed by atoms with Crippen molar-refractivity contribution in [1.29, 1.82) is 0 Å². The number of hydrogen-bond donors (Lipinski definition) is 2. The van der Waals surface area contributed by atoms with Crippen LogP contribution in [0.25, 0.3) is 0 Å². The highest BCUT2D eigenvalue weighted by Crippen LogP contribution is 1.96. The van der Waals surface area contributed by atoms with Crippen molar-refractivity contribution in [3.8, 4) is 0 Å². The number of carbonyl (C=O) groups excluding carboxylic acids is 3. The Bertz CT molecular complexity index is 344. The molecular weight excluding hydrogens is 204 g/mol. The molecule has 1 saturated heterocycles. The molecule has 0 aromatic rings. The zero-order valence-electron chi connectivity index (χ0n) is 7.60. The largest absolute Gasteiger partial charge is 0.478 e. The highest BCUT2D eigenvalue weighted by Gasteiger charge is 2.24. The lowest BCUT2D eigenvalue weighted by atomic mass is 10.3. The average molecular weight is 212 g/mol. The Morgan fingerprint density at radius 1 is 1.20 bits per heavy atom. The predicted molar refractivity (Wildman–Crippen MR) is 46.5 cm³/mol. The van der Waals surface area contributed by atoms with Gasteiger partial charge >= 0.3 is 5.97 Å². The number of amides is 3. The summed E-state index contributed by atoms with van der Waals surface area (Å²) in [5, 5.41) is 10.3. The normalized spacial score (nSPS) is 16.7. The molecule has 80 valence electrons. The van der Waals surface area contributed by atoms with Gasteiger partial charge in [0.05, 0.1) is 0 Å². The minimum Gasteiger partial charge on any atom is -0.478 e. The molecule has 1 fully saturated rings. The topological polar surface area (TPSA) is 104 Å². The van der Waals surface area contributed by atoms with Gasteiger partial charge in [-0.3, -0.25) is 19.7 Å². The van der Waals surface area contributed by atoms with E-state index >= 15 is 0 Å². The molecule has 0 saturated carbocycles. The van der Waals surface area contributed by atoms with Gasteiger partial charge in [-0.1, -0.05) is 0 Å². The average Bonchev–Trinajstić information content (AvgIpc) is 2.12. The minimum atomic E-state index is -1.27. The van der Waals surface area contributed by atoms with Crippen LogP contribution in [0.4, 0.5) is 0 Å². The van der Waals surface area contributed by atoms with Gasteiger partial charge in [0.25, 0.3) is 0 Å². The first kappa shape index (κ1) is 10.9. The number of hydrogen-bond acceptors (Lipinski definition) is 4. The van der Waals surface area contributed by atoms with Crippen LogP contribution in [-0.4, -0.2) is 46.8 Å². The highest BCUT2D eigenvalue weighted by molar-refractivity contribution is 6.04. The summed E-state index contributed by atoms with van der Waals surface area (Å²) in [5.41, 5.74) is 0. The van der Waals surface area contributed by atoms with E-state index in [9.17, 15) is 19.2 Å². The Morgan fingerprint density at radius 3 is 2.20 bits per heavy atom. The van der Waals surface area contributed by atoms with Crippen molar-refractivity contribution >= 4 is 23.7 Å². The molecule has 0 aromatic heterocycles. The molecule has 7 heteroatoms. The quantitative estimate of drug-likeness (QED) is 0.411. The molecule has 1 aliphatic rings. The summed E-state index contributed by atoms with van der Waals surface area (Å²) in [7, 11) is 0. The number of nitrogens with one attached hydrogen (secondary N) is 1. The number of carboxylic acids is 1. The van der Waals surface area contributed by atoms with E-state index in [1.807, 2.05) is 5.32 Å². The number of piperazine rings is 1. The van der Waals surface area contributed by atoms with E-state index in [2.05, 4.69) is 0 Å². The molecular formula is C8H8N2O5. The smallest absolute Gasteiger partial charge is 0.328 e. The number of carboxylic acid groups (broad SMARTS) is 1. The third-order valence-electron chi connectivity index (χ3n) is 1.63. The molecule has 15 heavy (non-hydrogen) atoms. The van der Waals surface area contributed by atoms with Crippen LogP contribution in [0.2, 0.25) is 0 Å². The van der Waals surface area contributed by atoms with Crippen LogP contribution >= 0.6 is 0 Å². The van der Waals surface area contributed by atoms with Gasteiger partial charge in [-0.25, -0.2) is 4.79 Å². The Kier molecular flexibility index (Phi) is 3.17. The summed E-state index contributed by atoms with van der Waals surface area (Å²) in [6.45, 7) is -0.483. The molecule has 2 N–H and O–H groups in total. The summed E-state index contributed by atoms with van der Waals surface area (Å²) >= 11 is 0. The Morgan fingerprint density at radius 2 is 1.73 bits per heavy atom. The van der Waals surface area contributed by atoms with E-state index in [-0.39, 0.29) is 13.1 Å². The van der Waals surface area contributed by atoms with Crippen LogP contribution in [0.3, 0.4) is 0 Å². The minimum absolute atomic E-state index is 0.242. The second-order valence-electron chi connectivity index (χ2n) is 2.84. The first-order valence-electron chi connectivity index (χ1n) is 4.01. The van der Waals surface area contributed by atoms with Crippen molar-refractivity contribution in [3.05, 3.63) is 12.2 Å². The van der Waals surface area contributed by atoms with Gasteiger partial charge in [0.2, 0.25) is 17.7 Å². The molecule has 0 radical (unpaired) electrons. The molecule has 1 heterocycles. The van der Waals surface area contributed by atoms with Gasteiger partial charge in [0.1, 0.15) is 13.1 Å². The standard InChI is InChI=1S/C8H8N2O5/c11-5-3-10(4-6(12)9-5)7(13)1-2-8(14)15/h1-2H,3-4H2,(H,14,15)(H,9,11,12)/b2-1-. The molecule has 7 nitrogen and oxygen atoms in total. The predicted octanol–water partition coefficient (Wildman–Crippen LogP) is -1.89. The first-order chi connectivity index (χ1) is 6.99. The molecule has 3 amide bonds. The SMILES string of the molecule is O=C(O)/C=C\C(=O)N1CC(=O)NC(=O)C1. The van der Waals surface area contributed by atoms with Gasteiger partial charge in [-0.05, 0) is 0 Å². The molecule has 1 rings (SSSR count). The van der Waals surface area contributed by atoms with Crippen molar-refractivity contribution in [2.75, 3.05) is 13.1 Å². The fraction of sp³-hybridized carbons (Fsp3) is 0.250. The Balaban J connectivity index is 2.63. The van der Waals surface area contributed by atoms with E-state index in [1.54, 1.807) is 0 Å². The lowest BCUT2D eigenvalue weighted by Crippen LogP contribution is -2.53. The van der Waals surface area contributed by atoms with E-state index in [1.165, 1.54) is 0 Å². The van der Waals surface area contributed by atoms with Crippen molar-refractivity contribution in [2.45, 2.75) is 0 Å². The van der Waals surface area contributed by atoms with Gasteiger partial charge in [-0.2, -0.15) is 0 Å². The van der Waals surface area contributed by atoms with Gasteiger partial charge in [0.15, 0.2) is 0 Å². The van der Waals surface area contributed by atoms with Gasteiger partial charge in [-0.15, -0.1) is 0 Å². The van der Waals surface area contributed by atoms with Crippen LogP contribution in [-0.2, 0) is 19.2 Å². The Labute approximate surface area is 84.3 Å². The van der Waals surface area contributed by atoms with Gasteiger partial charge < -0.3 is 10.0 Å². The second kappa shape index (κ2) is 4.36. The number of carbonyl (C=O) groups is 4. The monoisotopic (exact) mass is 212 g/mol. The molecule has 0 atom stereocenters. The highest BCUT2D eigenvalue weighted by atomic mass is 16.4. The summed E-state index contributed by atoms with van der Waals surface area (Å²) in [6.07, 6.45) is 1.45. The number of nitrogens with zero attached hydrogens (tertiary/aromatic N) is 1. The maximum Gasteiger partial charge on any atom is 0.328 e. The summed E-state index contributed by atoms with van der Waals surface area (Å²) in [5.74, 6) is -3.11. The third kappa shape index (κ3) is 3.22. The maximum atomic E-state index is 11.2. The van der Waals surface area contributed by atoms with Crippen LogP contribution in [0.15, 0.2) is 12.2 Å². The number of rotatable bonds is 2. The lowest BCUT2D eigenvalue weighted by Gasteiger charge is -2.23. The first-order valence-corrected chi connectivity index (χ1v) is 4.01. The third-order valence-corrected chi connectivity index (χ3v) is 1.63. The molecule has 0 aromatic carbocycles. The maximum absolute atomic E-state index is 11.2. The van der Waals surface area contributed by atoms with E-state index in [0.29, 0.717) is 6.08 Å². The van der Waals surface area contributed by atoms with Crippen LogP contribution < -0.4 is 5.32 Å². The summed E-state index contributed by atoms with van der Waals surface area (Å²) in [4.78, 5) is 44.0. The summed E-state index contributed by atoms with van der Waals surface area (Å²) < 4.78 is 0. The van der Waals surface area contributed by atoms with Crippen molar-refractivity contribution < 1.29 is 24.3 Å². The van der Waals surface area contributed by atoms with E-state index < -0.39 is 23.7 Å². The molecule has 0 aliphatic carbocycles. The van der Waals surface area contributed by atoms with Crippen LogP contribution in [0.1, 0.15) is 0 Å². The molecule has 0 bridgehead atoms. The summed E-state index contributed by atoms with van der Waals surface area (Å²) in [6, 6.07) is 0.